The number of nitrogens with zero attached hydrogens (tertiary/aromatic N) is 1. The molecule has 0 bridgehead atoms. The van der Waals surface area contributed by atoms with Gasteiger partial charge in [0.2, 0.25) is 0 Å². The second kappa shape index (κ2) is 8.77. The number of carboxylic acid groups (broad SMARTS) is 2. The molecule has 1 saturated heterocycles. The zero-order chi connectivity index (χ0) is 19.4. The Morgan fingerprint density at radius 2 is 2.04 bits per heavy atom. The molecule has 1 aliphatic carbocycles. The van der Waals surface area contributed by atoms with Crippen molar-refractivity contribution >= 4 is 23.7 Å². The first-order valence-corrected chi connectivity index (χ1v) is 9.83. The highest BCUT2D eigenvalue weighted by molar-refractivity contribution is 8.05. The SMILES string of the molecule is COC1CCC2=C3CNCCC3N3CC=CSC1=C23.O=C(O)/C=C\C(=O)O. The molecule has 2 unspecified atom stereocenters. The number of aliphatic carboxylic acids is 2. The maximum atomic E-state index is 9.55. The van der Waals surface area contributed by atoms with Crippen molar-refractivity contribution < 1.29 is 24.5 Å². The fourth-order valence-corrected chi connectivity index (χ4v) is 5.06. The summed E-state index contributed by atoms with van der Waals surface area (Å²) in [5.41, 5.74) is 4.79. The molecule has 0 aromatic heterocycles. The van der Waals surface area contributed by atoms with Crippen LogP contribution in [0.15, 0.2) is 45.4 Å². The number of nitrogens with one attached hydrogen (secondary N) is 1. The van der Waals surface area contributed by atoms with Crippen molar-refractivity contribution in [1.82, 2.24) is 10.2 Å². The molecule has 0 aromatic carbocycles. The second-order valence-corrected chi connectivity index (χ2v) is 7.56. The largest absolute Gasteiger partial charge is 0.478 e. The first kappa shape index (κ1) is 19.7. The van der Waals surface area contributed by atoms with Gasteiger partial charge in [-0.2, -0.15) is 0 Å². The van der Waals surface area contributed by atoms with Gasteiger partial charge in [0.25, 0.3) is 0 Å². The number of carbonyl (C=O) groups is 2. The van der Waals surface area contributed by atoms with Gasteiger partial charge in [-0.25, -0.2) is 9.59 Å². The molecule has 146 valence electrons. The van der Waals surface area contributed by atoms with Crippen LogP contribution in [-0.2, 0) is 14.3 Å². The summed E-state index contributed by atoms with van der Waals surface area (Å²) in [5.74, 6) is -2.51. The van der Waals surface area contributed by atoms with Crippen LogP contribution in [0.2, 0.25) is 0 Å². The van der Waals surface area contributed by atoms with Crippen LogP contribution >= 0.6 is 11.8 Å². The first-order valence-electron chi connectivity index (χ1n) is 8.95. The Balaban J connectivity index is 0.000000226. The lowest BCUT2D eigenvalue weighted by molar-refractivity contribution is -0.134. The number of ether oxygens (including phenoxy) is 1. The number of fused-ring (bicyclic) bond motifs is 2. The van der Waals surface area contributed by atoms with E-state index in [0.29, 0.717) is 24.3 Å². The van der Waals surface area contributed by atoms with Crippen molar-refractivity contribution in [2.75, 3.05) is 26.7 Å². The normalized spacial score (nSPS) is 26.3. The van der Waals surface area contributed by atoms with Crippen molar-refractivity contribution in [1.29, 1.82) is 0 Å². The first-order chi connectivity index (χ1) is 13.0. The average Bonchev–Trinajstić information content (AvgIpc) is 2.82. The highest BCUT2D eigenvalue weighted by Gasteiger charge is 2.42. The third kappa shape index (κ3) is 4.28. The van der Waals surface area contributed by atoms with Crippen molar-refractivity contribution in [3.63, 3.8) is 0 Å². The molecule has 1 fully saturated rings. The van der Waals surface area contributed by atoms with Gasteiger partial charge in [0, 0.05) is 37.3 Å². The monoisotopic (exact) mass is 392 g/mol. The van der Waals surface area contributed by atoms with E-state index < -0.39 is 11.9 Å². The third-order valence-corrected chi connectivity index (χ3v) is 6.12. The van der Waals surface area contributed by atoms with Crippen molar-refractivity contribution in [2.45, 2.75) is 31.4 Å². The number of piperidine rings is 1. The molecule has 0 spiro atoms. The second-order valence-electron chi connectivity index (χ2n) is 6.61. The number of carboxylic acids is 2. The molecule has 0 radical (unpaired) electrons. The van der Waals surface area contributed by atoms with E-state index in [1.807, 2.05) is 18.9 Å². The van der Waals surface area contributed by atoms with Gasteiger partial charge in [-0.3, -0.25) is 0 Å². The fraction of sp³-hybridized carbons (Fsp3) is 0.474. The van der Waals surface area contributed by atoms with Crippen LogP contribution in [0.3, 0.4) is 0 Å². The standard InChI is InChI=1S/C15H20N2OS.C4H4O4/c1-18-13-4-3-10-11-9-16-6-5-12(11)17-7-2-8-19-15(13)14(10)17;5-3(6)1-2-4(7)8/h2,8,12-13,16H,3-7,9H2,1H3;1-2H,(H,5,6)(H,7,8)/b;2-1-. The van der Waals surface area contributed by atoms with Gasteiger partial charge in [0.1, 0.15) is 0 Å². The molecule has 3 heterocycles. The molecule has 7 nitrogen and oxygen atoms in total. The smallest absolute Gasteiger partial charge is 0.328 e. The highest BCUT2D eigenvalue weighted by atomic mass is 32.2. The molecule has 2 atom stereocenters. The summed E-state index contributed by atoms with van der Waals surface area (Å²) < 4.78 is 5.72. The number of methoxy groups -OCH3 is 1. The minimum absolute atomic E-state index is 0.294. The zero-order valence-electron chi connectivity index (χ0n) is 15.2. The van der Waals surface area contributed by atoms with Gasteiger partial charge in [-0.05, 0) is 42.4 Å². The Kier molecular flexibility index (Phi) is 6.41. The van der Waals surface area contributed by atoms with Crippen LogP contribution in [0.1, 0.15) is 19.3 Å². The van der Waals surface area contributed by atoms with Crippen LogP contribution in [0.25, 0.3) is 0 Å². The summed E-state index contributed by atoms with van der Waals surface area (Å²) in [6.07, 6.45) is 7.27. The minimum atomic E-state index is -1.26. The molecule has 4 rings (SSSR count). The molecule has 3 aliphatic heterocycles. The van der Waals surface area contributed by atoms with Gasteiger partial charge >= 0.3 is 11.9 Å². The van der Waals surface area contributed by atoms with Crippen LogP contribution in [0, 0.1) is 0 Å². The molecule has 27 heavy (non-hydrogen) atoms. The number of hydrogen-bond acceptors (Lipinski definition) is 6. The van der Waals surface area contributed by atoms with Gasteiger partial charge in [-0.1, -0.05) is 17.8 Å². The van der Waals surface area contributed by atoms with E-state index in [9.17, 15) is 9.59 Å². The van der Waals surface area contributed by atoms with E-state index >= 15 is 0 Å². The number of thioether (sulfide) groups is 1. The molecular formula is C19H24N2O5S. The number of allylic oxidation sites excluding steroid dienone is 1. The summed E-state index contributed by atoms with van der Waals surface area (Å²) in [4.78, 5) is 23.2. The fourth-order valence-electron chi connectivity index (χ4n) is 4.01. The zero-order valence-corrected chi connectivity index (χ0v) is 16.0. The molecule has 3 N–H and O–H groups in total. The Morgan fingerprint density at radius 1 is 1.30 bits per heavy atom. The number of rotatable bonds is 3. The minimum Gasteiger partial charge on any atom is -0.478 e. The summed E-state index contributed by atoms with van der Waals surface area (Å²) in [7, 11) is 1.85. The third-order valence-electron chi connectivity index (χ3n) is 5.08. The average molecular weight is 392 g/mol. The van der Waals surface area contributed by atoms with E-state index in [2.05, 4.69) is 21.7 Å². The van der Waals surface area contributed by atoms with Gasteiger partial charge < -0.3 is 25.2 Å². The summed E-state index contributed by atoms with van der Waals surface area (Å²) in [6.45, 7) is 3.28. The maximum Gasteiger partial charge on any atom is 0.328 e. The van der Waals surface area contributed by atoms with E-state index in [1.54, 1.807) is 11.1 Å². The van der Waals surface area contributed by atoms with Crippen molar-refractivity contribution in [3.05, 3.63) is 45.4 Å². The van der Waals surface area contributed by atoms with E-state index in [4.69, 9.17) is 14.9 Å². The van der Waals surface area contributed by atoms with Crippen LogP contribution in [-0.4, -0.2) is 65.9 Å². The predicted octanol–water partition coefficient (Wildman–Crippen LogP) is 1.95. The van der Waals surface area contributed by atoms with Crippen LogP contribution < -0.4 is 5.32 Å². The lowest BCUT2D eigenvalue weighted by Gasteiger charge is -2.33. The molecular weight excluding hydrogens is 368 g/mol. The van der Waals surface area contributed by atoms with Crippen molar-refractivity contribution in [3.8, 4) is 0 Å². The Hall–Kier alpha value is -2.03. The quantitative estimate of drug-likeness (QED) is 0.627. The Morgan fingerprint density at radius 3 is 2.70 bits per heavy atom. The lowest BCUT2D eigenvalue weighted by atomic mass is 9.91. The molecule has 4 aliphatic rings. The summed E-state index contributed by atoms with van der Waals surface area (Å²) in [5, 5.41) is 21.4. The molecule has 0 saturated carbocycles. The van der Waals surface area contributed by atoms with E-state index in [1.165, 1.54) is 23.4 Å². The van der Waals surface area contributed by atoms with Crippen LogP contribution in [0.4, 0.5) is 0 Å². The van der Waals surface area contributed by atoms with Gasteiger partial charge in [0.15, 0.2) is 0 Å². The summed E-state index contributed by atoms with van der Waals surface area (Å²) >= 11 is 1.87. The lowest BCUT2D eigenvalue weighted by Crippen LogP contribution is -2.40. The Bertz CT molecular complexity index is 724. The molecule has 0 aromatic rings. The summed E-state index contributed by atoms with van der Waals surface area (Å²) in [6, 6.07) is 0.639. The van der Waals surface area contributed by atoms with Gasteiger partial charge in [-0.15, -0.1) is 0 Å². The highest BCUT2D eigenvalue weighted by Crippen LogP contribution is 2.48. The van der Waals surface area contributed by atoms with Gasteiger partial charge in [0.05, 0.1) is 17.8 Å². The van der Waals surface area contributed by atoms with E-state index in [-0.39, 0.29) is 0 Å². The molecule has 0 amide bonds. The number of hydrogen-bond donors (Lipinski definition) is 3. The Labute approximate surface area is 162 Å². The van der Waals surface area contributed by atoms with E-state index in [0.717, 1.165) is 26.1 Å². The molecule has 8 heteroatoms. The van der Waals surface area contributed by atoms with Crippen molar-refractivity contribution in [2.24, 2.45) is 0 Å². The topological polar surface area (TPSA) is 99.1 Å². The maximum absolute atomic E-state index is 9.55. The predicted molar refractivity (Wildman–Crippen MR) is 103 cm³/mol. The van der Waals surface area contributed by atoms with Crippen LogP contribution in [0.5, 0.6) is 0 Å².